The SMILES string of the molecule is CCCCCCC(O)c1sc(C)cc1C. The van der Waals surface area contributed by atoms with E-state index >= 15 is 0 Å². The first-order valence-electron chi connectivity index (χ1n) is 5.90. The van der Waals surface area contributed by atoms with Crippen LogP contribution in [0.4, 0.5) is 0 Å². The summed E-state index contributed by atoms with van der Waals surface area (Å²) in [5, 5.41) is 10.0. The van der Waals surface area contributed by atoms with Gasteiger partial charge in [-0.1, -0.05) is 32.6 Å². The van der Waals surface area contributed by atoms with Crippen molar-refractivity contribution in [2.45, 2.75) is 59.0 Å². The fourth-order valence-electron chi connectivity index (χ4n) is 1.89. The first-order valence-corrected chi connectivity index (χ1v) is 6.71. The van der Waals surface area contributed by atoms with Crippen molar-refractivity contribution < 1.29 is 5.11 Å². The van der Waals surface area contributed by atoms with Gasteiger partial charge in [-0.15, -0.1) is 11.3 Å². The van der Waals surface area contributed by atoms with Gasteiger partial charge in [-0.2, -0.15) is 0 Å². The van der Waals surface area contributed by atoms with Crippen molar-refractivity contribution in [3.8, 4) is 0 Å². The lowest BCUT2D eigenvalue weighted by atomic mass is 10.1. The quantitative estimate of drug-likeness (QED) is 0.714. The molecule has 0 saturated heterocycles. The minimum absolute atomic E-state index is 0.236. The van der Waals surface area contributed by atoms with Crippen LogP contribution in [0.5, 0.6) is 0 Å². The summed E-state index contributed by atoms with van der Waals surface area (Å²) in [4.78, 5) is 2.47. The van der Waals surface area contributed by atoms with Crippen LogP contribution in [0.25, 0.3) is 0 Å². The van der Waals surface area contributed by atoms with Crippen molar-refractivity contribution in [1.82, 2.24) is 0 Å². The maximum absolute atomic E-state index is 10.0. The summed E-state index contributed by atoms with van der Waals surface area (Å²) in [6, 6.07) is 2.16. The van der Waals surface area contributed by atoms with Crippen LogP contribution in [0.2, 0.25) is 0 Å². The summed E-state index contributed by atoms with van der Waals surface area (Å²) in [6.07, 6.45) is 5.62. The lowest BCUT2D eigenvalue weighted by Crippen LogP contribution is -1.96. The third-order valence-corrected chi connectivity index (χ3v) is 3.97. The molecule has 0 aliphatic carbocycles. The van der Waals surface area contributed by atoms with Crippen LogP contribution in [0.15, 0.2) is 6.07 Å². The normalized spacial score (nSPS) is 13.1. The van der Waals surface area contributed by atoms with Crippen molar-refractivity contribution in [3.63, 3.8) is 0 Å². The van der Waals surface area contributed by atoms with E-state index in [-0.39, 0.29) is 6.10 Å². The topological polar surface area (TPSA) is 20.2 Å². The summed E-state index contributed by atoms with van der Waals surface area (Å²) in [5.74, 6) is 0. The maximum Gasteiger partial charge on any atom is 0.0884 e. The first kappa shape index (κ1) is 12.7. The molecule has 0 aliphatic heterocycles. The molecule has 0 fully saturated rings. The molecule has 0 saturated carbocycles. The molecule has 0 bridgehead atoms. The van der Waals surface area contributed by atoms with Gasteiger partial charge in [0.05, 0.1) is 6.10 Å². The second-order valence-electron chi connectivity index (χ2n) is 4.27. The molecule has 1 rings (SSSR count). The molecular formula is C13H22OS. The number of unbranched alkanes of at least 4 members (excludes halogenated alkanes) is 3. The van der Waals surface area contributed by atoms with Crippen LogP contribution in [-0.2, 0) is 0 Å². The average Bonchev–Trinajstić information content (AvgIpc) is 2.52. The highest BCUT2D eigenvalue weighted by atomic mass is 32.1. The van der Waals surface area contributed by atoms with E-state index in [4.69, 9.17) is 0 Å². The number of hydrogen-bond donors (Lipinski definition) is 1. The van der Waals surface area contributed by atoms with Gasteiger partial charge >= 0.3 is 0 Å². The Bertz CT molecular complexity index is 291. The van der Waals surface area contributed by atoms with E-state index in [1.807, 2.05) is 0 Å². The Morgan fingerprint density at radius 1 is 1.27 bits per heavy atom. The molecule has 86 valence electrons. The zero-order valence-corrected chi connectivity index (χ0v) is 10.9. The minimum atomic E-state index is -0.236. The molecule has 1 heterocycles. The molecule has 1 unspecified atom stereocenters. The molecule has 1 atom stereocenters. The van der Waals surface area contributed by atoms with Gasteiger partial charge in [-0.05, 0) is 31.9 Å². The van der Waals surface area contributed by atoms with Gasteiger partial charge < -0.3 is 5.11 Å². The van der Waals surface area contributed by atoms with Gasteiger partial charge in [0.15, 0.2) is 0 Å². The van der Waals surface area contributed by atoms with Gasteiger partial charge in [0.1, 0.15) is 0 Å². The number of aliphatic hydroxyl groups excluding tert-OH is 1. The van der Waals surface area contributed by atoms with Crippen LogP contribution in [-0.4, -0.2) is 5.11 Å². The van der Waals surface area contributed by atoms with Gasteiger partial charge in [0.25, 0.3) is 0 Å². The highest BCUT2D eigenvalue weighted by Crippen LogP contribution is 2.30. The monoisotopic (exact) mass is 226 g/mol. The summed E-state index contributed by atoms with van der Waals surface area (Å²) < 4.78 is 0. The Morgan fingerprint density at radius 3 is 2.53 bits per heavy atom. The number of rotatable bonds is 6. The van der Waals surface area contributed by atoms with E-state index in [0.29, 0.717) is 0 Å². The molecule has 0 spiro atoms. The average molecular weight is 226 g/mol. The highest BCUT2D eigenvalue weighted by Gasteiger charge is 2.12. The number of aliphatic hydroxyl groups is 1. The second kappa shape index (κ2) is 6.29. The smallest absolute Gasteiger partial charge is 0.0884 e. The number of hydrogen-bond acceptors (Lipinski definition) is 2. The number of thiophene rings is 1. The molecule has 1 aromatic heterocycles. The molecule has 0 aliphatic rings. The Labute approximate surface area is 97.2 Å². The van der Waals surface area contributed by atoms with Gasteiger partial charge in [0, 0.05) is 9.75 Å². The van der Waals surface area contributed by atoms with Crippen molar-refractivity contribution in [2.75, 3.05) is 0 Å². The Balaban J connectivity index is 2.39. The van der Waals surface area contributed by atoms with E-state index in [0.717, 1.165) is 12.8 Å². The van der Waals surface area contributed by atoms with E-state index < -0.39 is 0 Å². The molecule has 0 amide bonds. The van der Waals surface area contributed by atoms with Gasteiger partial charge in [0.2, 0.25) is 0 Å². The summed E-state index contributed by atoms with van der Waals surface area (Å²) in [6.45, 7) is 6.41. The zero-order chi connectivity index (χ0) is 11.3. The molecule has 15 heavy (non-hydrogen) atoms. The molecule has 0 aromatic carbocycles. The summed E-state index contributed by atoms with van der Waals surface area (Å²) in [5.41, 5.74) is 1.25. The van der Waals surface area contributed by atoms with Crippen LogP contribution >= 0.6 is 11.3 Å². The molecule has 1 aromatic rings. The predicted octanol–water partition coefficient (Wildman–Crippen LogP) is 4.37. The maximum atomic E-state index is 10.0. The van der Waals surface area contributed by atoms with Crippen molar-refractivity contribution in [3.05, 3.63) is 21.4 Å². The largest absolute Gasteiger partial charge is 0.388 e. The van der Waals surface area contributed by atoms with E-state index in [2.05, 4.69) is 26.8 Å². The predicted molar refractivity (Wildman–Crippen MR) is 67.5 cm³/mol. The Morgan fingerprint density at radius 2 is 2.00 bits per heavy atom. The lowest BCUT2D eigenvalue weighted by molar-refractivity contribution is 0.166. The fraction of sp³-hybridized carbons (Fsp3) is 0.692. The summed E-state index contributed by atoms with van der Waals surface area (Å²) >= 11 is 1.74. The molecule has 1 N–H and O–H groups in total. The second-order valence-corrected chi connectivity index (χ2v) is 5.56. The third-order valence-electron chi connectivity index (χ3n) is 2.71. The minimum Gasteiger partial charge on any atom is -0.388 e. The van der Waals surface area contributed by atoms with Crippen molar-refractivity contribution in [1.29, 1.82) is 0 Å². The standard InChI is InChI=1S/C13H22OS/c1-4-5-6-7-8-12(14)13-10(2)9-11(3)15-13/h9,12,14H,4-8H2,1-3H3. The fourth-order valence-corrected chi connectivity index (χ4v) is 2.94. The summed E-state index contributed by atoms with van der Waals surface area (Å²) in [7, 11) is 0. The molecule has 2 heteroatoms. The van der Waals surface area contributed by atoms with Crippen LogP contribution in [0.3, 0.4) is 0 Å². The highest BCUT2D eigenvalue weighted by molar-refractivity contribution is 7.12. The molecule has 0 radical (unpaired) electrons. The van der Waals surface area contributed by atoms with Crippen LogP contribution in [0.1, 0.15) is 60.4 Å². The zero-order valence-electron chi connectivity index (χ0n) is 10.0. The Hall–Kier alpha value is -0.340. The van der Waals surface area contributed by atoms with E-state index in [1.165, 1.54) is 34.6 Å². The van der Waals surface area contributed by atoms with E-state index in [1.54, 1.807) is 11.3 Å². The van der Waals surface area contributed by atoms with Gasteiger partial charge in [-0.25, -0.2) is 0 Å². The third kappa shape index (κ3) is 3.96. The van der Waals surface area contributed by atoms with Crippen molar-refractivity contribution in [2.24, 2.45) is 0 Å². The molecule has 1 nitrogen and oxygen atoms in total. The van der Waals surface area contributed by atoms with Gasteiger partial charge in [-0.3, -0.25) is 0 Å². The van der Waals surface area contributed by atoms with E-state index in [9.17, 15) is 5.11 Å². The van der Waals surface area contributed by atoms with Crippen LogP contribution < -0.4 is 0 Å². The molecular weight excluding hydrogens is 204 g/mol. The van der Waals surface area contributed by atoms with Crippen LogP contribution in [0, 0.1) is 13.8 Å². The van der Waals surface area contributed by atoms with Crippen molar-refractivity contribution >= 4 is 11.3 Å². The number of aryl methyl sites for hydroxylation is 2. The Kier molecular flexibility index (Phi) is 5.34. The first-order chi connectivity index (χ1) is 7.15. The lowest BCUT2D eigenvalue weighted by Gasteiger charge is -2.09.